The average molecular weight is 343 g/mol. The monoisotopic (exact) mass is 343 g/mol. The number of nitrogens with one attached hydrogen (secondary N) is 1. The molecule has 0 bridgehead atoms. The molecule has 0 saturated heterocycles. The molecule has 0 unspecified atom stereocenters. The number of rotatable bonds is 8. The Morgan fingerprint density at radius 1 is 1.12 bits per heavy atom. The van der Waals surface area contributed by atoms with Gasteiger partial charge in [-0.05, 0) is 45.7 Å². The molecule has 2 rings (SSSR count). The quantitative estimate of drug-likeness (QED) is 0.720. The van der Waals surface area contributed by atoms with Gasteiger partial charge in [0.2, 0.25) is 0 Å². The van der Waals surface area contributed by atoms with E-state index in [4.69, 9.17) is 9.47 Å². The summed E-state index contributed by atoms with van der Waals surface area (Å²) in [5, 5.41) is 5.00. The first-order valence-electron chi connectivity index (χ1n) is 9.09. The Balaban J connectivity index is 2.37. The summed E-state index contributed by atoms with van der Waals surface area (Å²) in [6.45, 7) is 10.3. The van der Waals surface area contributed by atoms with Crippen molar-refractivity contribution in [1.82, 2.24) is 0 Å². The van der Waals surface area contributed by atoms with E-state index in [1.54, 1.807) is 0 Å². The van der Waals surface area contributed by atoms with Gasteiger partial charge in [0.1, 0.15) is 11.4 Å². The minimum absolute atomic E-state index is 0.127. The lowest BCUT2D eigenvalue weighted by molar-refractivity contribution is -0.139. The molecule has 0 aliphatic heterocycles. The fourth-order valence-corrected chi connectivity index (χ4v) is 2.68. The summed E-state index contributed by atoms with van der Waals surface area (Å²) in [5.41, 5.74) is -0.0571. The third-order valence-corrected chi connectivity index (χ3v) is 4.65. The molecular weight excluding hydrogens is 314 g/mol. The van der Waals surface area contributed by atoms with E-state index >= 15 is 0 Å². The highest BCUT2D eigenvalue weighted by atomic mass is 16.5. The van der Waals surface area contributed by atoms with Crippen LogP contribution in [0.4, 0.5) is 5.69 Å². The highest BCUT2D eigenvalue weighted by Gasteiger charge is 2.32. The van der Waals surface area contributed by atoms with Gasteiger partial charge in [0.25, 0.3) is 5.91 Å². The number of ether oxygens (including phenoxy) is 2. The van der Waals surface area contributed by atoms with Crippen molar-refractivity contribution in [1.29, 1.82) is 0 Å². The van der Waals surface area contributed by atoms with Gasteiger partial charge in [0, 0.05) is 23.1 Å². The second-order valence-electron chi connectivity index (χ2n) is 6.47. The van der Waals surface area contributed by atoms with E-state index in [0.717, 1.165) is 28.6 Å². The molecular formula is C21H29NO3. The van der Waals surface area contributed by atoms with Crippen molar-refractivity contribution < 1.29 is 14.3 Å². The maximum atomic E-state index is 12.7. The molecule has 136 valence electrons. The lowest BCUT2D eigenvalue weighted by Gasteiger charge is -2.27. The van der Waals surface area contributed by atoms with Crippen LogP contribution in [0, 0.1) is 0 Å². The molecule has 25 heavy (non-hydrogen) atoms. The zero-order chi connectivity index (χ0) is 18.4. The fourth-order valence-electron chi connectivity index (χ4n) is 2.68. The number of benzene rings is 2. The minimum atomic E-state index is -0.832. The van der Waals surface area contributed by atoms with Crippen LogP contribution in [-0.4, -0.2) is 24.2 Å². The normalized spacial score (nSPS) is 14.8. The van der Waals surface area contributed by atoms with E-state index < -0.39 is 5.60 Å². The molecule has 0 aliphatic carbocycles. The molecule has 0 aromatic heterocycles. The topological polar surface area (TPSA) is 47.6 Å². The second kappa shape index (κ2) is 8.34. The summed E-state index contributed by atoms with van der Waals surface area (Å²) in [6.07, 6.45) is 1.70. The van der Waals surface area contributed by atoms with Crippen LogP contribution in [0.2, 0.25) is 0 Å². The van der Waals surface area contributed by atoms with E-state index in [-0.39, 0.29) is 12.0 Å². The summed E-state index contributed by atoms with van der Waals surface area (Å²) in [7, 11) is 0. The zero-order valence-corrected chi connectivity index (χ0v) is 15.9. The Labute approximate surface area is 150 Å². The van der Waals surface area contributed by atoms with Crippen LogP contribution in [0.1, 0.15) is 47.5 Å². The first kappa shape index (κ1) is 19.3. The van der Waals surface area contributed by atoms with Gasteiger partial charge in [-0.2, -0.15) is 0 Å². The van der Waals surface area contributed by atoms with Gasteiger partial charge in [-0.1, -0.05) is 38.1 Å². The molecule has 1 amide bonds. The molecule has 2 aromatic rings. The largest absolute Gasteiger partial charge is 0.490 e. The summed E-state index contributed by atoms with van der Waals surface area (Å²) in [6, 6.07) is 11.8. The van der Waals surface area contributed by atoms with Gasteiger partial charge < -0.3 is 14.8 Å². The molecule has 0 spiro atoms. The van der Waals surface area contributed by atoms with Crippen molar-refractivity contribution in [2.24, 2.45) is 0 Å². The molecule has 1 N–H and O–H groups in total. The van der Waals surface area contributed by atoms with Gasteiger partial charge >= 0.3 is 0 Å². The van der Waals surface area contributed by atoms with Crippen LogP contribution >= 0.6 is 0 Å². The Kier molecular flexibility index (Phi) is 6.43. The number of fused-ring (bicyclic) bond motifs is 1. The molecule has 0 radical (unpaired) electrons. The third-order valence-electron chi connectivity index (χ3n) is 4.65. The summed E-state index contributed by atoms with van der Waals surface area (Å²) in [5.74, 6) is 0.712. The fraction of sp³-hybridized carbons (Fsp3) is 0.476. The Morgan fingerprint density at radius 2 is 1.80 bits per heavy atom. The van der Waals surface area contributed by atoms with Crippen molar-refractivity contribution in [3.63, 3.8) is 0 Å². The first-order valence-corrected chi connectivity index (χ1v) is 9.09. The van der Waals surface area contributed by atoms with E-state index in [1.165, 1.54) is 0 Å². The third kappa shape index (κ3) is 4.31. The molecule has 0 fully saturated rings. The Morgan fingerprint density at radius 3 is 2.40 bits per heavy atom. The lowest BCUT2D eigenvalue weighted by Crippen LogP contribution is -2.42. The molecule has 0 aliphatic rings. The number of carbonyl (C=O) groups excluding carboxylic acids is 1. The van der Waals surface area contributed by atoms with Crippen molar-refractivity contribution in [2.45, 2.75) is 59.2 Å². The standard InChI is InChI=1S/C21H29NO3/c1-6-15(4)25-19-14-13-18(16-11-9-10-12-17(16)19)22-20(23)21(5,7-2)24-8-3/h9-15H,6-8H2,1-5H3,(H,22,23)/t15-,21+/m1/s1. The van der Waals surface area contributed by atoms with E-state index in [9.17, 15) is 4.79 Å². The van der Waals surface area contributed by atoms with E-state index in [2.05, 4.69) is 19.2 Å². The zero-order valence-electron chi connectivity index (χ0n) is 15.9. The first-order chi connectivity index (χ1) is 11.9. The average Bonchev–Trinajstić information content (AvgIpc) is 2.63. The van der Waals surface area contributed by atoms with E-state index in [1.807, 2.05) is 57.2 Å². The van der Waals surface area contributed by atoms with Crippen molar-refractivity contribution >= 4 is 22.4 Å². The van der Waals surface area contributed by atoms with Crippen LogP contribution in [-0.2, 0) is 9.53 Å². The molecule has 4 heteroatoms. The highest BCUT2D eigenvalue weighted by molar-refractivity contribution is 6.06. The van der Waals surface area contributed by atoms with Gasteiger partial charge in [0.05, 0.1) is 6.10 Å². The highest BCUT2D eigenvalue weighted by Crippen LogP contribution is 2.33. The van der Waals surface area contributed by atoms with Crippen molar-refractivity contribution in [2.75, 3.05) is 11.9 Å². The van der Waals surface area contributed by atoms with Gasteiger partial charge in [-0.15, -0.1) is 0 Å². The van der Waals surface area contributed by atoms with Gasteiger partial charge in [0.15, 0.2) is 0 Å². The van der Waals surface area contributed by atoms with Gasteiger partial charge in [-0.3, -0.25) is 4.79 Å². The Bertz CT molecular complexity index is 728. The summed E-state index contributed by atoms with van der Waals surface area (Å²) >= 11 is 0. The number of anilines is 1. The van der Waals surface area contributed by atoms with Gasteiger partial charge in [-0.25, -0.2) is 0 Å². The number of hydrogen-bond donors (Lipinski definition) is 1. The number of carbonyl (C=O) groups is 1. The summed E-state index contributed by atoms with van der Waals surface area (Å²) < 4.78 is 11.7. The van der Waals surface area contributed by atoms with Crippen molar-refractivity contribution in [3.05, 3.63) is 36.4 Å². The van der Waals surface area contributed by atoms with Crippen LogP contribution in [0.15, 0.2) is 36.4 Å². The van der Waals surface area contributed by atoms with Crippen LogP contribution in [0.25, 0.3) is 10.8 Å². The summed E-state index contributed by atoms with van der Waals surface area (Å²) in [4.78, 5) is 12.7. The maximum Gasteiger partial charge on any atom is 0.256 e. The van der Waals surface area contributed by atoms with Crippen molar-refractivity contribution in [3.8, 4) is 5.75 Å². The predicted molar refractivity (Wildman–Crippen MR) is 103 cm³/mol. The van der Waals surface area contributed by atoms with Crippen LogP contribution in [0.3, 0.4) is 0 Å². The maximum absolute atomic E-state index is 12.7. The van der Waals surface area contributed by atoms with Crippen LogP contribution < -0.4 is 10.1 Å². The molecule has 0 heterocycles. The van der Waals surface area contributed by atoms with Crippen LogP contribution in [0.5, 0.6) is 5.75 Å². The second-order valence-corrected chi connectivity index (χ2v) is 6.47. The predicted octanol–water partition coefficient (Wildman–Crippen LogP) is 5.16. The minimum Gasteiger partial charge on any atom is -0.490 e. The van der Waals surface area contributed by atoms with E-state index in [0.29, 0.717) is 13.0 Å². The molecule has 0 saturated carbocycles. The molecule has 4 nitrogen and oxygen atoms in total. The number of amides is 1. The Hall–Kier alpha value is -2.07. The lowest BCUT2D eigenvalue weighted by atomic mass is 10.0. The number of hydrogen-bond acceptors (Lipinski definition) is 3. The SMILES string of the molecule is CCO[C@@](C)(CC)C(=O)Nc1ccc(O[C@H](C)CC)c2ccccc12. The molecule has 2 aromatic carbocycles. The molecule has 2 atom stereocenters. The smallest absolute Gasteiger partial charge is 0.256 e.